The molecular weight excluding hydrogens is 572 g/mol. The molecule has 0 bridgehead atoms. The van der Waals surface area contributed by atoms with Crippen LogP contribution in [0.1, 0.15) is 36.2 Å². The molecule has 8 nitrogen and oxygen atoms in total. The first kappa shape index (κ1) is 27.3. The highest BCUT2D eigenvalue weighted by molar-refractivity contribution is 6.39. The number of hydrogen-bond acceptors (Lipinski definition) is 4. The number of nitrogens with zero attached hydrogens (tertiary/aromatic N) is 6. The van der Waals surface area contributed by atoms with Gasteiger partial charge in [-0.05, 0) is 72.9 Å². The molecule has 9 heteroatoms. The lowest BCUT2D eigenvalue weighted by atomic mass is 9.71. The largest absolute Gasteiger partial charge is 0.371 e. The van der Waals surface area contributed by atoms with Crippen LogP contribution in [-0.2, 0) is 17.9 Å². The van der Waals surface area contributed by atoms with Crippen molar-refractivity contribution >= 4 is 56.6 Å². The molecule has 3 aliphatic rings. The second-order valence-corrected chi connectivity index (χ2v) is 12.9. The summed E-state index contributed by atoms with van der Waals surface area (Å²) < 4.78 is 4.06. The maximum Gasteiger partial charge on any atom is 0.276 e. The Labute approximate surface area is 261 Å². The summed E-state index contributed by atoms with van der Waals surface area (Å²) in [5, 5.41) is 2.46. The number of amides is 2. The lowest BCUT2D eigenvalue weighted by Crippen LogP contribution is -2.48. The number of fused-ring (bicyclic) bond motifs is 4. The van der Waals surface area contributed by atoms with Crippen LogP contribution in [0.2, 0.25) is 5.02 Å². The van der Waals surface area contributed by atoms with E-state index in [4.69, 9.17) is 11.6 Å². The van der Waals surface area contributed by atoms with Gasteiger partial charge in [-0.1, -0.05) is 35.9 Å². The Kier molecular flexibility index (Phi) is 6.63. The van der Waals surface area contributed by atoms with Crippen molar-refractivity contribution in [2.24, 2.45) is 5.41 Å². The quantitative estimate of drug-likeness (QED) is 0.244. The number of likely N-dealkylation sites (tertiary alicyclic amines) is 1. The first-order valence-electron chi connectivity index (χ1n) is 15.6. The summed E-state index contributed by atoms with van der Waals surface area (Å²) in [5.41, 5.74) is 4.89. The van der Waals surface area contributed by atoms with Crippen LogP contribution in [0.4, 0.5) is 11.4 Å². The van der Waals surface area contributed by atoms with E-state index in [1.54, 1.807) is 0 Å². The van der Waals surface area contributed by atoms with Gasteiger partial charge in [0.15, 0.2) is 0 Å². The van der Waals surface area contributed by atoms with E-state index in [1.807, 2.05) is 86.1 Å². The van der Waals surface area contributed by atoms with Crippen molar-refractivity contribution in [1.82, 2.24) is 19.0 Å². The first-order chi connectivity index (χ1) is 21.5. The van der Waals surface area contributed by atoms with Crippen molar-refractivity contribution in [1.29, 1.82) is 0 Å². The Bertz CT molecular complexity index is 1880. The second-order valence-electron chi connectivity index (χ2n) is 12.5. The molecule has 2 aromatic carbocycles. The smallest absolute Gasteiger partial charge is 0.276 e. The highest BCUT2D eigenvalue weighted by Crippen LogP contribution is 2.42. The molecule has 224 valence electrons. The zero-order valence-electron chi connectivity index (χ0n) is 24.7. The van der Waals surface area contributed by atoms with Crippen molar-refractivity contribution in [2.75, 3.05) is 42.5 Å². The molecule has 0 unspecified atom stereocenters. The molecule has 44 heavy (non-hydrogen) atoms. The van der Waals surface area contributed by atoms with E-state index in [2.05, 4.69) is 22.0 Å². The summed E-state index contributed by atoms with van der Waals surface area (Å²) >= 11 is 6.72. The minimum absolute atomic E-state index is 0.0974. The minimum atomic E-state index is -0.0974. The maximum absolute atomic E-state index is 13.7. The molecular formula is C35H35ClN6O2. The fraction of sp³-hybridized carbons (Fsp3) is 0.343. The summed E-state index contributed by atoms with van der Waals surface area (Å²) in [7, 11) is 0. The van der Waals surface area contributed by atoms with Crippen LogP contribution in [0.25, 0.3) is 21.8 Å². The number of anilines is 2. The number of halogens is 1. The van der Waals surface area contributed by atoms with E-state index in [-0.39, 0.29) is 11.8 Å². The third kappa shape index (κ3) is 4.54. The van der Waals surface area contributed by atoms with Crippen molar-refractivity contribution in [2.45, 2.75) is 38.8 Å². The van der Waals surface area contributed by atoms with E-state index in [9.17, 15) is 9.59 Å². The molecule has 2 saturated heterocycles. The summed E-state index contributed by atoms with van der Waals surface area (Å²) in [6, 6.07) is 20.2. The maximum atomic E-state index is 13.7. The molecule has 2 fully saturated rings. The highest BCUT2D eigenvalue weighted by Gasteiger charge is 2.38. The molecule has 6 heterocycles. The van der Waals surface area contributed by atoms with Gasteiger partial charge >= 0.3 is 0 Å². The van der Waals surface area contributed by atoms with Crippen LogP contribution in [0.5, 0.6) is 0 Å². The lowest BCUT2D eigenvalue weighted by molar-refractivity contribution is -0.134. The molecule has 1 spiro atoms. The number of carbonyl (C=O) groups excluding carboxylic acids is 2. The van der Waals surface area contributed by atoms with Crippen LogP contribution < -0.4 is 9.80 Å². The third-order valence-electron chi connectivity index (χ3n) is 10.3. The van der Waals surface area contributed by atoms with Crippen molar-refractivity contribution in [3.05, 3.63) is 90.0 Å². The van der Waals surface area contributed by atoms with Gasteiger partial charge in [-0.2, -0.15) is 0 Å². The minimum Gasteiger partial charge on any atom is -0.371 e. The fourth-order valence-corrected chi connectivity index (χ4v) is 7.97. The number of carbonyl (C=O) groups is 2. The second kappa shape index (κ2) is 10.7. The zero-order chi connectivity index (χ0) is 29.8. The van der Waals surface area contributed by atoms with Gasteiger partial charge in [0, 0.05) is 74.6 Å². The molecule has 0 N–H and O–H groups in total. The standard InChI is InChI=1S/C35H35ClN6O2/c36-32-28-3-1-2-4-29(28)42-22-21-41(34(44)33(32)42)27-6-5-25-9-16-40(30(25)23-27)24-31(43)39-19-12-35(13-20-39)10-17-38(18-11-35)26-7-14-37-15-8-26/h1-9,14-16,23H,10-13,17-22,24H2. The Morgan fingerprint density at radius 2 is 1.57 bits per heavy atom. The number of hydrogen-bond donors (Lipinski definition) is 0. The Hall–Kier alpha value is -4.30. The number of rotatable bonds is 4. The van der Waals surface area contributed by atoms with Gasteiger partial charge in [0.1, 0.15) is 12.2 Å². The zero-order valence-corrected chi connectivity index (χ0v) is 25.4. The highest BCUT2D eigenvalue weighted by atomic mass is 35.5. The van der Waals surface area contributed by atoms with Crippen LogP contribution in [0.15, 0.2) is 79.3 Å². The molecule has 5 aromatic rings. The predicted octanol–water partition coefficient (Wildman–Crippen LogP) is 6.21. The van der Waals surface area contributed by atoms with Gasteiger partial charge < -0.3 is 23.8 Å². The van der Waals surface area contributed by atoms with Crippen LogP contribution in [0, 0.1) is 5.41 Å². The third-order valence-corrected chi connectivity index (χ3v) is 10.7. The Morgan fingerprint density at radius 1 is 0.818 bits per heavy atom. The summed E-state index contributed by atoms with van der Waals surface area (Å²) in [6.07, 6.45) is 10.2. The average molecular weight is 607 g/mol. The van der Waals surface area contributed by atoms with E-state index in [1.165, 1.54) is 18.5 Å². The van der Waals surface area contributed by atoms with E-state index in [0.29, 0.717) is 35.8 Å². The molecule has 3 aliphatic heterocycles. The van der Waals surface area contributed by atoms with Crippen molar-refractivity contribution < 1.29 is 9.59 Å². The molecule has 0 radical (unpaired) electrons. The lowest BCUT2D eigenvalue weighted by Gasteiger charge is -2.47. The molecule has 0 aliphatic carbocycles. The number of aromatic nitrogens is 3. The van der Waals surface area contributed by atoms with Crippen molar-refractivity contribution in [3.63, 3.8) is 0 Å². The van der Waals surface area contributed by atoms with Crippen LogP contribution >= 0.6 is 11.6 Å². The monoisotopic (exact) mass is 606 g/mol. The first-order valence-corrected chi connectivity index (χ1v) is 16.0. The van der Waals surface area contributed by atoms with E-state index >= 15 is 0 Å². The van der Waals surface area contributed by atoms with Crippen LogP contribution in [0.3, 0.4) is 0 Å². The summed E-state index contributed by atoms with van der Waals surface area (Å²) in [5.74, 6) is 0.0576. The molecule has 2 amide bonds. The van der Waals surface area contributed by atoms with Gasteiger partial charge in [0.25, 0.3) is 5.91 Å². The van der Waals surface area contributed by atoms with E-state index < -0.39 is 0 Å². The summed E-state index contributed by atoms with van der Waals surface area (Å²) in [4.78, 5) is 37.7. The number of para-hydroxylation sites is 1. The molecule has 8 rings (SSSR count). The van der Waals surface area contributed by atoms with Gasteiger partial charge in [-0.3, -0.25) is 14.6 Å². The Morgan fingerprint density at radius 3 is 2.36 bits per heavy atom. The van der Waals surface area contributed by atoms with E-state index in [0.717, 1.165) is 66.5 Å². The SMILES string of the molecule is O=C(Cn1ccc2ccc(N3CCn4c(c(Cl)c5ccccc54)C3=O)cc21)N1CCC2(CC1)CCN(c1ccncc1)CC2. The molecule has 0 saturated carbocycles. The predicted molar refractivity (Wildman–Crippen MR) is 174 cm³/mol. The number of benzene rings is 2. The van der Waals surface area contributed by atoms with Gasteiger partial charge in [0.05, 0.1) is 16.1 Å². The average Bonchev–Trinajstić information content (AvgIpc) is 3.60. The van der Waals surface area contributed by atoms with Crippen molar-refractivity contribution in [3.8, 4) is 0 Å². The van der Waals surface area contributed by atoms with Gasteiger partial charge in [-0.25, -0.2) is 0 Å². The molecule has 0 atom stereocenters. The molecule has 3 aromatic heterocycles. The number of piperidine rings is 2. The fourth-order valence-electron chi connectivity index (χ4n) is 7.63. The topological polar surface area (TPSA) is 66.6 Å². The van der Waals surface area contributed by atoms with Gasteiger partial charge in [-0.15, -0.1) is 0 Å². The van der Waals surface area contributed by atoms with Gasteiger partial charge in [0.2, 0.25) is 5.91 Å². The Balaban J connectivity index is 0.949. The summed E-state index contributed by atoms with van der Waals surface area (Å²) in [6.45, 7) is 5.27. The van der Waals surface area contributed by atoms with Crippen LogP contribution in [-0.4, -0.2) is 63.6 Å². The normalized spacial score (nSPS) is 18.4. The number of pyridine rings is 1.